The highest BCUT2D eigenvalue weighted by atomic mass is 32.2. The zero-order valence-electron chi connectivity index (χ0n) is 24.4. The van der Waals surface area contributed by atoms with Crippen molar-refractivity contribution in [2.45, 2.75) is 49.3 Å². The second-order valence-electron chi connectivity index (χ2n) is 11.2. The minimum absolute atomic E-state index is 0.0648. The van der Waals surface area contributed by atoms with Crippen molar-refractivity contribution in [2.75, 3.05) is 37.9 Å². The van der Waals surface area contributed by atoms with Crippen molar-refractivity contribution in [3.63, 3.8) is 0 Å². The number of phenolic OH excluding ortho intramolecular Hbond substituents is 2. The van der Waals surface area contributed by atoms with Gasteiger partial charge in [-0.25, -0.2) is 0 Å². The molecule has 0 amide bonds. The van der Waals surface area contributed by atoms with Crippen LogP contribution < -0.4 is 9.47 Å². The average Bonchev–Trinajstić information content (AvgIpc) is 2.98. The molecule has 0 bridgehead atoms. The number of ether oxygens (including phenoxy) is 3. The van der Waals surface area contributed by atoms with Crippen LogP contribution in [-0.4, -0.2) is 75.7 Å². The van der Waals surface area contributed by atoms with Gasteiger partial charge in [0.25, 0.3) is 0 Å². The Hall–Kier alpha value is -3.42. The van der Waals surface area contributed by atoms with Crippen molar-refractivity contribution in [2.24, 2.45) is 0 Å². The molecule has 45 heavy (non-hydrogen) atoms. The summed E-state index contributed by atoms with van der Waals surface area (Å²) >= 11 is 0. The molecule has 1 aliphatic heterocycles. The number of halogens is 5. The fraction of sp³-hybridized carbons (Fsp3) is 0.438. The molecule has 0 aromatic heterocycles. The van der Waals surface area contributed by atoms with E-state index < -0.39 is 47.3 Å². The SMILES string of the molecule is CC1(c2ccc(O)cc2)COc2cc(O)ccc2C1c1ccc(OCC(O)COCC[S@](=O)CCCC(F)(F)C(F)(F)F)cc1. The number of aliphatic hydroxyl groups excluding tert-OH is 1. The number of hydrogen-bond acceptors (Lipinski definition) is 7. The molecule has 3 aromatic carbocycles. The summed E-state index contributed by atoms with van der Waals surface area (Å²) in [4.78, 5) is 0. The van der Waals surface area contributed by atoms with Crippen LogP contribution in [0.2, 0.25) is 0 Å². The number of aliphatic hydroxyl groups is 1. The number of alkyl halides is 5. The molecule has 4 rings (SSSR count). The Morgan fingerprint density at radius 2 is 1.62 bits per heavy atom. The molecule has 1 heterocycles. The van der Waals surface area contributed by atoms with Gasteiger partial charge in [0.2, 0.25) is 0 Å². The molecule has 0 spiro atoms. The topological polar surface area (TPSA) is 105 Å². The van der Waals surface area contributed by atoms with Gasteiger partial charge >= 0.3 is 12.1 Å². The summed E-state index contributed by atoms with van der Waals surface area (Å²) in [6, 6.07) is 19.3. The van der Waals surface area contributed by atoms with Gasteiger partial charge in [-0.1, -0.05) is 37.3 Å². The van der Waals surface area contributed by atoms with Crippen LogP contribution in [0.3, 0.4) is 0 Å². The average molecular weight is 659 g/mol. The van der Waals surface area contributed by atoms with Crippen molar-refractivity contribution < 1.29 is 55.7 Å². The Labute approximate surface area is 260 Å². The summed E-state index contributed by atoms with van der Waals surface area (Å²) in [7, 11) is -1.64. The number of aromatic hydroxyl groups is 2. The summed E-state index contributed by atoms with van der Waals surface area (Å²) < 4.78 is 91.4. The molecule has 1 aliphatic rings. The zero-order chi connectivity index (χ0) is 32.8. The number of fused-ring (bicyclic) bond motifs is 1. The zero-order valence-corrected chi connectivity index (χ0v) is 25.3. The van der Waals surface area contributed by atoms with Gasteiger partial charge in [-0.3, -0.25) is 4.21 Å². The van der Waals surface area contributed by atoms with Gasteiger partial charge in [-0.15, -0.1) is 0 Å². The van der Waals surface area contributed by atoms with Gasteiger partial charge in [-0.2, -0.15) is 22.0 Å². The summed E-state index contributed by atoms with van der Waals surface area (Å²) in [6.07, 6.45) is -8.63. The van der Waals surface area contributed by atoms with Crippen molar-refractivity contribution in [1.29, 1.82) is 0 Å². The Morgan fingerprint density at radius 3 is 2.29 bits per heavy atom. The van der Waals surface area contributed by atoms with Crippen LogP contribution in [0.1, 0.15) is 42.4 Å². The molecule has 0 aliphatic carbocycles. The summed E-state index contributed by atoms with van der Waals surface area (Å²) in [5.41, 5.74) is 2.27. The molecule has 3 N–H and O–H groups in total. The van der Waals surface area contributed by atoms with E-state index >= 15 is 0 Å². The molecule has 4 atom stereocenters. The molecule has 0 saturated heterocycles. The van der Waals surface area contributed by atoms with Gasteiger partial charge in [-0.05, 0) is 47.9 Å². The highest BCUT2D eigenvalue weighted by Gasteiger charge is 2.56. The lowest BCUT2D eigenvalue weighted by Gasteiger charge is -2.43. The highest BCUT2D eigenvalue weighted by Crippen LogP contribution is 2.51. The molecular formula is C32H35F5O7S. The molecule has 13 heteroatoms. The lowest BCUT2D eigenvalue weighted by Crippen LogP contribution is -2.40. The van der Waals surface area contributed by atoms with E-state index in [0.717, 1.165) is 16.7 Å². The van der Waals surface area contributed by atoms with Crippen LogP contribution in [0.4, 0.5) is 22.0 Å². The van der Waals surface area contributed by atoms with E-state index in [-0.39, 0.29) is 48.7 Å². The maximum Gasteiger partial charge on any atom is 0.453 e. The first-order chi connectivity index (χ1) is 21.2. The van der Waals surface area contributed by atoms with Gasteiger partial charge in [0.05, 0.1) is 19.8 Å². The first kappa shape index (κ1) is 34.5. The number of hydrogen-bond donors (Lipinski definition) is 3. The largest absolute Gasteiger partial charge is 0.508 e. The van der Waals surface area contributed by atoms with Crippen LogP contribution in [-0.2, 0) is 21.0 Å². The van der Waals surface area contributed by atoms with Crippen LogP contribution >= 0.6 is 0 Å². The Bertz CT molecular complexity index is 1430. The van der Waals surface area contributed by atoms with Crippen molar-refractivity contribution in [3.8, 4) is 23.0 Å². The first-order valence-electron chi connectivity index (χ1n) is 14.2. The second-order valence-corrected chi connectivity index (χ2v) is 12.9. The van der Waals surface area contributed by atoms with Gasteiger partial charge in [0, 0.05) is 51.7 Å². The molecular weight excluding hydrogens is 623 g/mol. The van der Waals surface area contributed by atoms with E-state index in [1.807, 2.05) is 30.3 Å². The number of benzene rings is 3. The molecule has 246 valence electrons. The maximum absolute atomic E-state index is 12.9. The molecule has 0 radical (unpaired) electrons. The fourth-order valence-corrected chi connectivity index (χ4v) is 6.22. The third kappa shape index (κ3) is 8.65. The predicted octanol–water partition coefficient (Wildman–Crippen LogP) is 6.06. The van der Waals surface area contributed by atoms with Crippen LogP contribution in [0.25, 0.3) is 0 Å². The monoisotopic (exact) mass is 658 g/mol. The maximum atomic E-state index is 12.9. The molecule has 3 unspecified atom stereocenters. The van der Waals surface area contributed by atoms with E-state index in [1.165, 1.54) is 0 Å². The summed E-state index contributed by atoms with van der Waals surface area (Å²) in [5.74, 6) is -4.06. The Morgan fingerprint density at radius 1 is 0.956 bits per heavy atom. The minimum atomic E-state index is -5.63. The Balaban J connectivity index is 1.29. The standard InChI is InChI=1S/C32H35F5O7S/c1-30(22-5-7-23(38)8-6-22)20-44-28-17-24(39)9-12-27(28)29(30)21-3-10-26(11-4-21)43-19-25(40)18-42-14-16-45(41)15-2-13-31(33,34)32(35,36)37/h3-12,17,25,29,38-40H,2,13-16,18-20H2,1H3/t25?,29?,30?,45-/m1/s1. The van der Waals surface area contributed by atoms with E-state index in [1.54, 1.807) is 36.4 Å². The third-order valence-electron chi connectivity index (χ3n) is 7.70. The molecule has 7 nitrogen and oxygen atoms in total. The number of rotatable bonds is 14. The summed E-state index contributed by atoms with van der Waals surface area (Å²) in [6.45, 7) is 2.06. The van der Waals surface area contributed by atoms with Crippen molar-refractivity contribution >= 4 is 10.8 Å². The van der Waals surface area contributed by atoms with E-state index in [0.29, 0.717) is 18.1 Å². The first-order valence-corrected chi connectivity index (χ1v) is 15.7. The van der Waals surface area contributed by atoms with Crippen LogP contribution in [0.5, 0.6) is 23.0 Å². The highest BCUT2D eigenvalue weighted by molar-refractivity contribution is 7.84. The normalized spacial score (nSPS) is 19.8. The fourth-order valence-electron chi connectivity index (χ4n) is 5.25. The summed E-state index contributed by atoms with van der Waals surface area (Å²) in [5, 5.41) is 30.1. The van der Waals surface area contributed by atoms with Crippen LogP contribution in [0, 0.1) is 0 Å². The quantitative estimate of drug-likeness (QED) is 0.143. The molecule has 3 aromatic rings. The van der Waals surface area contributed by atoms with Gasteiger partial charge < -0.3 is 29.5 Å². The number of phenols is 2. The van der Waals surface area contributed by atoms with Crippen molar-refractivity contribution in [3.05, 3.63) is 83.4 Å². The van der Waals surface area contributed by atoms with Crippen LogP contribution in [0.15, 0.2) is 66.7 Å². The van der Waals surface area contributed by atoms with E-state index in [9.17, 15) is 41.5 Å². The second kappa shape index (κ2) is 14.3. The molecule has 0 saturated carbocycles. The minimum Gasteiger partial charge on any atom is -0.508 e. The third-order valence-corrected chi connectivity index (χ3v) is 9.06. The van der Waals surface area contributed by atoms with E-state index in [4.69, 9.17) is 14.2 Å². The predicted molar refractivity (Wildman–Crippen MR) is 158 cm³/mol. The Kier molecular flexibility index (Phi) is 11.0. The lowest BCUT2D eigenvalue weighted by molar-refractivity contribution is -0.284. The molecule has 0 fully saturated rings. The van der Waals surface area contributed by atoms with Gasteiger partial charge in [0.1, 0.15) is 35.7 Å². The van der Waals surface area contributed by atoms with E-state index in [2.05, 4.69) is 6.92 Å². The smallest absolute Gasteiger partial charge is 0.453 e. The van der Waals surface area contributed by atoms with Crippen molar-refractivity contribution in [1.82, 2.24) is 0 Å². The van der Waals surface area contributed by atoms with Gasteiger partial charge in [0.15, 0.2) is 0 Å². The lowest BCUT2D eigenvalue weighted by atomic mass is 9.65.